The van der Waals surface area contributed by atoms with E-state index in [1.165, 1.54) is 12.1 Å². The molecule has 0 saturated heterocycles. The molecule has 0 fully saturated rings. The van der Waals surface area contributed by atoms with Crippen molar-refractivity contribution in [3.05, 3.63) is 46.5 Å². The molecule has 0 aliphatic carbocycles. The third kappa shape index (κ3) is 3.78. The number of hydrogen-bond acceptors (Lipinski definition) is 6. The molecule has 1 aromatic carbocycles. The molecule has 0 amide bonds. The number of H-pyrrole nitrogens is 1. The normalized spacial score (nSPS) is 11.3. The molecule has 0 unspecified atom stereocenters. The monoisotopic (exact) mass is 310 g/mol. The van der Waals surface area contributed by atoms with Crippen molar-refractivity contribution in [1.29, 1.82) is 0 Å². The lowest BCUT2D eigenvalue weighted by Gasteiger charge is -2.07. The fraction of sp³-hybridized carbons (Fsp3) is 0.250. The summed E-state index contributed by atoms with van der Waals surface area (Å²) in [4.78, 5) is 17.2. The van der Waals surface area contributed by atoms with Gasteiger partial charge in [-0.3, -0.25) is 10.1 Å². The van der Waals surface area contributed by atoms with Gasteiger partial charge in [0.25, 0.3) is 5.69 Å². The van der Waals surface area contributed by atoms with Crippen molar-refractivity contribution in [2.24, 2.45) is 0 Å². The van der Waals surface area contributed by atoms with Crippen molar-refractivity contribution in [1.82, 2.24) is 9.97 Å². The molecule has 0 saturated carbocycles. The molecule has 2 aromatic rings. The summed E-state index contributed by atoms with van der Waals surface area (Å²) >= 11 is 0. The van der Waals surface area contributed by atoms with Crippen LogP contribution in [0.25, 0.3) is 0 Å². The third-order valence-corrected chi connectivity index (χ3v) is 3.97. The van der Waals surface area contributed by atoms with Gasteiger partial charge in [0.1, 0.15) is 5.69 Å². The van der Waals surface area contributed by atoms with Crippen molar-refractivity contribution in [3.63, 3.8) is 0 Å². The molecule has 0 atom stereocenters. The first kappa shape index (κ1) is 15.0. The smallest absolute Gasteiger partial charge is 0.293 e. The van der Waals surface area contributed by atoms with Crippen LogP contribution in [0.15, 0.2) is 35.6 Å². The number of sulfone groups is 1. The van der Waals surface area contributed by atoms with E-state index in [0.29, 0.717) is 13.0 Å². The Morgan fingerprint density at radius 1 is 1.43 bits per heavy atom. The van der Waals surface area contributed by atoms with Gasteiger partial charge in [-0.15, -0.1) is 0 Å². The minimum atomic E-state index is -3.48. The van der Waals surface area contributed by atoms with E-state index in [9.17, 15) is 18.5 Å². The highest BCUT2D eigenvalue weighted by Gasteiger charge is 2.18. The Labute approximate surface area is 121 Å². The second-order valence-electron chi connectivity index (χ2n) is 4.46. The number of nitrogens with zero attached hydrogens (tertiary/aromatic N) is 2. The maximum absolute atomic E-state index is 11.4. The Balaban J connectivity index is 2.17. The summed E-state index contributed by atoms with van der Waals surface area (Å²) in [5.74, 6) is 0. The average Bonchev–Trinajstić information content (AvgIpc) is 2.90. The van der Waals surface area contributed by atoms with Crippen LogP contribution >= 0.6 is 0 Å². The van der Waals surface area contributed by atoms with Crippen LogP contribution in [-0.4, -0.2) is 36.1 Å². The van der Waals surface area contributed by atoms with Gasteiger partial charge in [0.15, 0.2) is 9.84 Å². The average molecular weight is 310 g/mol. The van der Waals surface area contributed by atoms with E-state index in [4.69, 9.17) is 0 Å². The first-order valence-electron chi connectivity index (χ1n) is 6.07. The lowest BCUT2D eigenvalue weighted by atomic mass is 10.2. The van der Waals surface area contributed by atoms with E-state index >= 15 is 0 Å². The molecule has 0 aliphatic heterocycles. The lowest BCUT2D eigenvalue weighted by molar-refractivity contribution is -0.384. The zero-order valence-corrected chi connectivity index (χ0v) is 12.1. The number of nitro benzene ring substituents is 1. The zero-order valence-electron chi connectivity index (χ0n) is 11.2. The van der Waals surface area contributed by atoms with E-state index in [1.807, 2.05) is 0 Å². The Hall–Kier alpha value is -2.42. The Morgan fingerprint density at radius 3 is 2.76 bits per heavy atom. The quantitative estimate of drug-likeness (QED) is 0.614. The zero-order chi connectivity index (χ0) is 15.5. The molecule has 9 heteroatoms. The second kappa shape index (κ2) is 5.92. The maximum Gasteiger partial charge on any atom is 0.293 e. The Morgan fingerprint density at radius 2 is 2.19 bits per heavy atom. The van der Waals surface area contributed by atoms with Crippen LogP contribution in [0.5, 0.6) is 0 Å². The van der Waals surface area contributed by atoms with Crippen molar-refractivity contribution < 1.29 is 13.3 Å². The standard InChI is InChI=1S/C12H14N4O4S/c1-21(19,20)10-2-3-11(12(6-10)16(17)18)14-5-4-9-7-13-8-15-9/h2-3,6-8,14H,4-5H2,1H3,(H,13,15). The molecular formula is C12H14N4O4S. The predicted molar refractivity (Wildman–Crippen MR) is 77.0 cm³/mol. The minimum Gasteiger partial charge on any atom is -0.379 e. The van der Waals surface area contributed by atoms with Gasteiger partial charge in [0.05, 0.1) is 16.1 Å². The van der Waals surface area contributed by atoms with Gasteiger partial charge in [-0.1, -0.05) is 0 Å². The van der Waals surface area contributed by atoms with Crippen LogP contribution in [-0.2, 0) is 16.3 Å². The predicted octanol–water partition coefficient (Wildman–Crippen LogP) is 1.38. The molecule has 0 bridgehead atoms. The number of hydrogen-bond donors (Lipinski definition) is 2. The number of rotatable bonds is 6. The van der Waals surface area contributed by atoms with E-state index in [2.05, 4.69) is 15.3 Å². The van der Waals surface area contributed by atoms with Gasteiger partial charge in [0, 0.05) is 37.2 Å². The summed E-state index contributed by atoms with van der Waals surface area (Å²) in [7, 11) is -3.48. The van der Waals surface area contributed by atoms with Gasteiger partial charge in [-0.05, 0) is 12.1 Å². The topological polar surface area (TPSA) is 118 Å². The fourth-order valence-corrected chi connectivity index (χ4v) is 2.44. The summed E-state index contributed by atoms with van der Waals surface area (Å²) < 4.78 is 22.9. The molecule has 2 N–H and O–H groups in total. The highest BCUT2D eigenvalue weighted by atomic mass is 32.2. The molecule has 1 heterocycles. The SMILES string of the molecule is CS(=O)(=O)c1ccc(NCCc2cnc[nH]2)c([N+](=O)[O-])c1. The number of aromatic nitrogens is 2. The largest absolute Gasteiger partial charge is 0.379 e. The Kier molecular flexibility index (Phi) is 4.22. The highest BCUT2D eigenvalue weighted by molar-refractivity contribution is 7.90. The first-order chi connectivity index (χ1) is 9.88. The third-order valence-electron chi connectivity index (χ3n) is 2.86. The molecule has 8 nitrogen and oxygen atoms in total. The summed E-state index contributed by atoms with van der Waals surface area (Å²) in [6.07, 6.45) is 4.85. The number of benzene rings is 1. The molecule has 2 rings (SSSR count). The molecule has 0 radical (unpaired) electrons. The van der Waals surface area contributed by atoms with Crippen LogP contribution in [0.1, 0.15) is 5.69 Å². The van der Waals surface area contributed by atoms with E-state index in [-0.39, 0.29) is 16.3 Å². The van der Waals surface area contributed by atoms with Gasteiger partial charge >= 0.3 is 0 Å². The summed E-state index contributed by atoms with van der Waals surface area (Å²) in [6, 6.07) is 3.82. The number of imidazole rings is 1. The Bertz CT molecular complexity index is 741. The second-order valence-corrected chi connectivity index (χ2v) is 6.48. The van der Waals surface area contributed by atoms with Gasteiger partial charge < -0.3 is 10.3 Å². The summed E-state index contributed by atoms with van der Waals surface area (Å²) in [5, 5.41) is 14.0. The van der Waals surface area contributed by atoms with Crippen LogP contribution < -0.4 is 5.32 Å². The molecular weight excluding hydrogens is 296 g/mol. The van der Waals surface area contributed by atoms with Gasteiger partial charge in [0.2, 0.25) is 0 Å². The molecule has 1 aromatic heterocycles. The van der Waals surface area contributed by atoms with Crippen molar-refractivity contribution in [3.8, 4) is 0 Å². The molecule has 0 aliphatic rings. The number of nitrogens with one attached hydrogen (secondary N) is 2. The van der Waals surface area contributed by atoms with Crippen molar-refractivity contribution in [2.45, 2.75) is 11.3 Å². The molecule has 0 spiro atoms. The van der Waals surface area contributed by atoms with Gasteiger partial charge in [-0.25, -0.2) is 13.4 Å². The summed E-state index contributed by atoms with van der Waals surface area (Å²) in [5.41, 5.74) is 0.923. The molecule has 112 valence electrons. The van der Waals surface area contributed by atoms with E-state index in [1.54, 1.807) is 12.5 Å². The van der Waals surface area contributed by atoms with E-state index < -0.39 is 14.8 Å². The van der Waals surface area contributed by atoms with Gasteiger partial charge in [-0.2, -0.15) is 0 Å². The number of nitro groups is 1. The maximum atomic E-state index is 11.4. The minimum absolute atomic E-state index is 0.0756. The fourth-order valence-electron chi connectivity index (χ4n) is 1.80. The van der Waals surface area contributed by atoms with Crippen LogP contribution in [0, 0.1) is 10.1 Å². The summed E-state index contributed by atoms with van der Waals surface area (Å²) in [6.45, 7) is 0.460. The van der Waals surface area contributed by atoms with Crippen LogP contribution in [0.3, 0.4) is 0 Å². The van der Waals surface area contributed by atoms with E-state index in [0.717, 1.165) is 18.0 Å². The molecule has 21 heavy (non-hydrogen) atoms. The van der Waals surface area contributed by atoms with Crippen molar-refractivity contribution >= 4 is 21.2 Å². The van der Waals surface area contributed by atoms with Crippen LogP contribution in [0.2, 0.25) is 0 Å². The first-order valence-corrected chi connectivity index (χ1v) is 7.96. The number of aromatic amines is 1. The number of anilines is 1. The highest BCUT2D eigenvalue weighted by Crippen LogP contribution is 2.27. The van der Waals surface area contributed by atoms with Crippen molar-refractivity contribution in [2.75, 3.05) is 18.1 Å². The van der Waals surface area contributed by atoms with Crippen LogP contribution in [0.4, 0.5) is 11.4 Å². The lowest BCUT2D eigenvalue weighted by Crippen LogP contribution is -2.08.